The standard InChI is InChI=1S/C23H20N4/c1-3-9-19(10-4-1)17-27(18-20-11-5-2-6-12-20)25-16-21-15-24-22-13-7-8-14-23(22)26-21/h1-16H,17-18H2/b25-16-. The molecule has 0 saturated heterocycles. The van der Waals surface area contributed by atoms with Crippen LogP contribution in [0.15, 0.2) is 96.2 Å². The average molecular weight is 352 g/mol. The highest BCUT2D eigenvalue weighted by Crippen LogP contribution is 2.11. The second-order valence-electron chi connectivity index (χ2n) is 6.32. The lowest BCUT2D eigenvalue weighted by Gasteiger charge is -2.19. The Morgan fingerprint density at radius 2 is 1.26 bits per heavy atom. The number of rotatable bonds is 6. The Kier molecular flexibility index (Phi) is 5.16. The lowest BCUT2D eigenvalue weighted by atomic mass is 10.2. The third-order valence-corrected chi connectivity index (χ3v) is 4.24. The van der Waals surface area contributed by atoms with E-state index in [0.717, 1.165) is 29.8 Å². The van der Waals surface area contributed by atoms with E-state index in [1.807, 2.05) is 41.4 Å². The van der Waals surface area contributed by atoms with Gasteiger partial charge in [0.1, 0.15) is 5.69 Å². The minimum absolute atomic E-state index is 0.729. The number of aromatic nitrogens is 2. The van der Waals surface area contributed by atoms with E-state index >= 15 is 0 Å². The monoisotopic (exact) mass is 352 g/mol. The first-order valence-electron chi connectivity index (χ1n) is 8.95. The van der Waals surface area contributed by atoms with Crippen LogP contribution in [-0.4, -0.2) is 21.2 Å². The van der Waals surface area contributed by atoms with Crippen LogP contribution in [0.1, 0.15) is 16.8 Å². The van der Waals surface area contributed by atoms with Crippen molar-refractivity contribution in [2.45, 2.75) is 13.1 Å². The fraction of sp³-hybridized carbons (Fsp3) is 0.0870. The zero-order valence-electron chi connectivity index (χ0n) is 14.9. The van der Waals surface area contributed by atoms with Gasteiger partial charge in [0, 0.05) is 0 Å². The summed E-state index contributed by atoms with van der Waals surface area (Å²) in [5, 5.41) is 6.74. The molecule has 1 heterocycles. The van der Waals surface area contributed by atoms with E-state index in [4.69, 9.17) is 5.10 Å². The number of hydrogen-bond acceptors (Lipinski definition) is 4. The topological polar surface area (TPSA) is 41.4 Å². The molecule has 0 bridgehead atoms. The average Bonchev–Trinajstić information content (AvgIpc) is 2.73. The molecule has 27 heavy (non-hydrogen) atoms. The molecule has 0 unspecified atom stereocenters. The summed E-state index contributed by atoms with van der Waals surface area (Å²) in [5.74, 6) is 0. The number of para-hydroxylation sites is 2. The Hall–Kier alpha value is -3.53. The Bertz CT molecular complexity index is 988. The molecule has 4 nitrogen and oxygen atoms in total. The van der Waals surface area contributed by atoms with Gasteiger partial charge in [-0.3, -0.25) is 9.99 Å². The van der Waals surface area contributed by atoms with Gasteiger partial charge in [0.25, 0.3) is 0 Å². The highest BCUT2D eigenvalue weighted by atomic mass is 15.4. The van der Waals surface area contributed by atoms with Crippen molar-refractivity contribution in [3.63, 3.8) is 0 Å². The fourth-order valence-corrected chi connectivity index (χ4v) is 2.90. The molecule has 1 aromatic heterocycles. The van der Waals surface area contributed by atoms with E-state index in [9.17, 15) is 0 Å². The van der Waals surface area contributed by atoms with Gasteiger partial charge in [-0.15, -0.1) is 0 Å². The van der Waals surface area contributed by atoms with Crippen LogP contribution in [0.4, 0.5) is 0 Å². The van der Waals surface area contributed by atoms with Gasteiger partial charge in [0.2, 0.25) is 0 Å². The normalized spacial score (nSPS) is 11.1. The van der Waals surface area contributed by atoms with Crippen LogP contribution in [0.25, 0.3) is 11.0 Å². The molecule has 0 amide bonds. The maximum atomic E-state index is 4.70. The highest BCUT2D eigenvalue weighted by Gasteiger charge is 2.05. The molecule has 0 aliphatic heterocycles. The lowest BCUT2D eigenvalue weighted by molar-refractivity contribution is 0.272. The first-order chi connectivity index (χ1) is 13.4. The van der Waals surface area contributed by atoms with Crippen LogP contribution in [0.5, 0.6) is 0 Å². The maximum Gasteiger partial charge on any atom is 0.102 e. The Labute approximate surface area is 158 Å². The first kappa shape index (κ1) is 16.9. The molecule has 0 atom stereocenters. The molecule has 3 aromatic carbocycles. The number of hydrogen-bond donors (Lipinski definition) is 0. The zero-order chi connectivity index (χ0) is 18.3. The number of fused-ring (bicyclic) bond motifs is 1. The van der Waals surface area contributed by atoms with Crippen LogP contribution in [0.2, 0.25) is 0 Å². The summed E-state index contributed by atoms with van der Waals surface area (Å²) >= 11 is 0. The molecule has 4 rings (SSSR count). The summed E-state index contributed by atoms with van der Waals surface area (Å²) in [6.07, 6.45) is 3.54. The summed E-state index contributed by atoms with van der Waals surface area (Å²) in [5.41, 5.74) is 4.95. The summed E-state index contributed by atoms with van der Waals surface area (Å²) in [4.78, 5) is 9.08. The Morgan fingerprint density at radius 1 is 0.704 bits per heavy atom. The van der Waals surface area contributed by atoms with Crippen molar-refractivity contribution in [2.75, 3.05) is 0 Å². The first-order valence-corrected chi connectivity index (χ1v) is 8.95. The summed E-state index contributed by atoms with van der Waals surface area (Å²) in [6.45, 7) is 1.46. The van der Waals surface area contributed by atoms with Gasteiger partial charge in [0.05, 0.1) is 36.5 Å². The molecule has 4 aromatic rings. The minimum atomic E-state index is 0.729. The molecule has 0 N–H and O–H groups in total. The van der Waals surface area contributed by atoms with E-state index < -0.39 is 0 Å². The molecule has 0 fully saturated rings. The maximum absolute atomic E-state index is 4.70. The number of nitrogens with zero attached hydrogens (tertiary/aromatic N) is 4. The molecule has 132 valence electrons. The molecule has 0 aliphatic rings. The quantitative estimate of drug-likeness (QED) is 0.374. The van der Waals surface area contributed by atoms with Gasteiger partial charge >= 0.3 is 0 Å². The molecule has 4 heteroatoms. The van der Waals surface area contributed by atoms with Gasteiger partial charge < -0.3 is 0 Å². The van der Waals surface area contributed by atoms with E-state index in [-0.39, 0.29) is 0 Å². The second kappa shape index (κ2) is 8.23. The molecular formula is C23H20N4. The SMILES string of the molecule is C(=N/N(Cc1ccccc1)Cc1ccccc1)/c1cnc2ccccc2n1. The lowest BCUT2D eigenvalue weighted by Crippen LogP contribution is -2.17. The van der Waals surface area contributed by atoms with Gasteiger partial charge in [-0.2, -0.15) is 5.10 Å². The van der Waals surface area contributed by atoms with Crippen molar-refractivity contribution in [1.29, 1.82) is 0 Å². The Morgan fingerprint density at radius 3 is 1.89 bits per heavy atom. The smallest absolute Gasteiger partial charge is 0.102 e. The Balaban J connectivity index is 1.57. The van der Waals surface area contributed by atoms with Gasteiger partial charge in [-0.05, 0) is 23.3 Å². The second-order valence-corrected chi connectivity index (χ2v) is 6.32. The zero-order valence-corrected chi connectivity index (χ0v) is 14.9. The van der Waals surface area contributed by atoms with Gasteiger partial charge in [-0.25, -0.2) is 4.98 Å². The van der Waals surface area contributed by atoms with E-state index in [2.05, 4.69) is 58.5 Å². The summed E-state index contributed by atoms with van der Waals surface area (Å²) in [7, 11) is 0. The highest BCUT2D eigenvalue weighted by molar-refractivity contribution is 5.81. The summed E-state index contributed by atoms with van der Waals surface area (Å²) < 4.78 is 0. The van der Waals surface area contributed by atoms with Crippen molar-refractivity contribution in [2.24, 2.45) is 5.10 Å². The van der Waals surface area contributed by atoms with Crippen LogP contribution < -0.4 is 0 Å². The molecule has 0 radical (unpaired) electrons. The largest absolute Gasteiger partial charge is 0.288 e. The number of hydrazone groups is 1. The van der Waals surface area contributed by atoms with Crippen LogP contribution in [0.3, 0.4) is 0 Å². The van der Waals surface area contributed by atoms with E-state index in [1.165, 1.54) is 11.1 Å². The van der Waals surface area contributed by atoms with Crippen molar-refractivity contribution < 1.29 is 0 Å². The van der Waals surface area contributed by atoms with Crippen molar-refractivity contribution in [3.8, 4) is 0 Å². The van der Waals surface area contributed by atoms with Crippen LogP contribution in [0, 0.1) is 0 Å². The predicted molar refractivity (Wildman–Crippen MR) is 109 cm³/mol. The van der Waals surface area contributed by atoms with Crippen LogP contribution in [-0.2, 0) is 13.1 Å². The third kappa shape index (κ3) is 4.55. The van der Waals surface area contributed by atoms with Crippen molar-refractivity contribution in [1.82, 2.24) is 15.0 Å². The van der Waals surface area contributed by atoms with Crippen LogP contribution >= 0.6 is 0 Å². The minimum Gasteiger partial charge on any atom is -0.288 e. The van der Waals surface area contributed by atoms with E-state index in [1.54, 1.807) is 12.4 Å². The van der Waals surface area contributed by atoms with Gasteiger partial charge in [-0.1, -0.05) is 72.8 Å². The summed E-state index contributed by atoms with van der Waals surface area (Å²) in [6, 6.07) is 28.6. The third-order valence-electron chi connectivity index (χ3n) is 4.24. The fourth-order valence-electron chi connectivity index (χ4n) is 2.90. The molecular weight excluding hydrogens is 332 g/mol. The molecule has 0 saturated carbocycles. The molecule has 0 spiro atoms. The van der Waals surface area contributed by atoms with Crippen molar-refractivity contribution in [3.05, 3.63) is 108 Å². The predicted octanol–water partition coefficient (Wildman–Crippen LogP) is 4.67. The number of benzene rings is 3. The van der Waals surface area contributed by atoms with Crippen molar-refractivity contribution >= 4 is 17.2 Å². The molecule has 0 aliphatic carbocycles. The van der Waals surface area contributed by atoms with Gasteiger partial charge in [0.15, 0.2) is 0 Å². The van der Waals surface area contributed by atoms with E-state index in [0.29, 0.717) is 0 Å².